The lowest BCUT2D eigenvalue weighted by Gasteiger charge is -2.22. The Labute approximate surface area is 120 Å². The molecule has 2 N–H and O–H groups in total. The van der Waals surface area contributed by atoms with E-state index in [9.17, 15) is 18.0 Å². The average molecular weight is 306 g/mol. The van der Waals surface area contributed by atoms with Gasteiger partial charge >= 0.3 is 5.51 Å². The SMILES string of the molecule is NCCN(CCc1ccccc1)C(=O)CSC(F)(F)F. The van der Waals surface area contributed by atoms with Crippen molar-refractivity contribution in [2.75, 3.05) is 25.4 Å². The molecule has 1 rings (SSSR count). The highest BCUT2D eigenvalue weighted by molar-refractivity contribution is 8.00. The lowest BCUT2D eigenvalue weighted by atomic mass is 10.1. The topological polar surface area (TPSA) is 46.3 Å². The van der Waals surface area contributed by atoms with Crippen molar-refractivity contribution >= 4 is 17.7 Å². The van der Waals surface area contributed by atoms with Crippen LogP contribution < -0.4 is 5.73 Å². The molecule has 1 amide bonds. The van der Waals surface area contributed by atoms with Gasteiger partial charge in [0, 0.05) is 19.6 Å². The van der Waals surface area contributed by atoms with Gasteiger partial charge in [-0.3, -0.25) is 4.79 Å². The van der Waals surface area contributed by atoms with E-state index in [2.05, 4.69) is 0 Å². The quantitative estimate of drug-likeness (QED) is 0.840. The maximum absolute atomic E-state index is 12.1. The third-order valence-corrected chi connectivity index (χ3v) is 3.34. The monoisotopic (exact) mass is 306 g/mol. The summed E-state index contributed by atoms with van der Waals surface area (Å²) >= 11 is -0.314. The molecule has 0 aliphatic rings. The smallest absolute Gasteiger partial charge is 0.340 e. The summed E-state index contributed by atoms with van der Waals surface area (Å²) in [7, 11) is 0. The first kappa shape index (κ1) is 16.8. The Morgan fingerprint density at radius 1 is 1.20 bits per heavy atom. The number of hydrogen-bond acceptors (Lipinski definition) is 3. The molecule has 112 valence electrons. The van der Waals surface area contributed by atoms with E-state index in [1.54, 1.807) is 0 Å². The lowest BCUT2D eigenvalue weighted by Crippen LogP contribution is -2.38. The van der Waals surface area contributed by atoms with Gasteiger partial charge in [-0.2, -0.15) is 13.2 Å². The van der Waals surface area contributed by atoms with E-state index in [0.717, 1.165) is 5.56 Å². The molecular weight excluding hydrogens is 289 g/mol. The molecule has 0 unspecified atom stereocenters. The second-order valence-corrected chi connectivity index (χ2v) is 5.18. The summed E-state index contributed by atoms with van der Waals surface area (Å²) in [5, 5.41) is 0. The number of nitrogens with zero attached hydrogens (tertiary/aromatic N) is 1. The van der Waals surface area contributed by atoms with Crippen LogP contribution >= 0.6 is 11.8 Å². The van der Waals surface area contributed by atoms with E-state index in [0.29, 0.717) is 13.0 Å². The van der Waals surface area contributed by atoms with Gasteiger partial charge in [-0.25, -0.2) is 0 Å². The molecular formula is C13H17F3N2OS. The molecule has 20 heavy (non-hydrogen) atoms. The summed E-state index contributed by atoms with van der Waals surface area (Å²) < 4.78 is 36.3. The van der Waals surface area contributed by atoms with Crippen LogP contribution in [0.25, 0.3) is 0 Å². The second-order valence-electron chi connectivity index (χ2n) is 4.14. The van der Waals surface area contributed by atoms with Crippen molar-refractivity contribution in [3.8, 4) is 0 Å². The summed E-state index contributed by atoms with van der Waals surface area (Å²) in [5.41, 5.74) is 2.04. The Balaban J connectivity index is 2.49. The van der Waals surface area contributed by atoms with E-state index in [1.807, 2.05) is 30.3 Å². The van der Waals surface area contributed by atoms with Crippen molar-refractivity contribution < 1.29 is 18.0 Å². The zero-order valence-corrected chi connectivity index (χ0v) is 11.7. The van der Waals surface area contributed by atoms with Crippen molar-refractivity contribution in [2.45, 2.75) is 11.9 Å². The maximum atomic E-state index is 12.1. The molecule has 0 saturated heterocycles. The Hall–Kier alpha value is -1.21. The number of hydrogen-bond donors (Lipinski definition) is 1. The van der Waals surface area contributed by atoms with Gasteiger partial charge < -0.3 is 10.6 Å². The summed E-state index contributed by atoms with van der Waals surface area (Å²) in [5.74, 6) is -1.13. The van der Waals surface area contributed by atoms with Gasteiger partial charge in [0.05, 0.1) is 5.75 Å². The van der Waals surface area contributed by atoms with Crippen LogP contribution in [0, 0.1) is 0 Å². The van der Waals surface area contributed by atoms with Crippen LogP contribution in [0.4, 0.5) is 13.2 Å². The number of halogens is 3. The fraction of sp³-hybridized carbons (Fsp3) is 0.462. The number of benzene rings is 1. The molecule has 0 spiro atoms. The molecule has 3 nitrogen and oxygen atoms in total. The number of rotatable bonds is 7. The zero-order chi connectivity index (χ0) is 15.0. The molecule has 1 aromatic carbocycles. The van der Waals surface area contributed by atoms with E-state index >= 15 is 0 Å². The number of alkyl halides is 3. The molecule has 0 atom stereocenters. The molecule has 0 aliphatic carbocycles. The minimum atomic E-state index is -4.39. The Kier molecular flexibility index (Phi) is 6.87. The van der Waals surface area contributed by atoms with Crippen LogP contribution in [0.3, 0.4) is 0 Å². The third-order valence-electron chi connectivity index (χ3n) is 2.62. The average Bonchev–Trinajstić information content (AvgIpc) is 2.41. The number of carbonyl (C=O) groups is 1. The van der Waals surface area contributed by atoms with Crippen molar-refractivity contribution in [1.82, 2.24) is 4.90 Å². The molecule has 0 bridgehead atoms. The van der Waals surface area contributed by atoms with Gasteiger partial charge in [-0.05, 0) is 23.7 Å². The number of amides is 1. The van der Waals surface area contributed by atoms with Gasteiger partial charge in [-0.15, -0.1) is 0 Å². The van der Waals surface area contributed by atoms with Crippen molar-refractivity contribution in [1.29, 1.82) is 0 Å². The Bertz CT molecular complexity index is 412. The first-order chi connectivity index (χ1) is 9.42. The molecule has 1 aromatic rings. The van der Waals surface area contributed by atoms with Crippen molar-refractivity contribution in [3.63, 3.8) is 0 Å². The first-order valence-corrected chi connectivity index (χ1v) is 7.13. The highest BCUT2D eigenvalue weighted by Gasteiger charge is 2.30. The van der Waals surface area contributed by atoms with Gasteiger partial charge in [0.15, 0.2) is 0 Å². The normalized spacial score (nSPS) is 11.4. The number of thioether (sulfide) groups is 1. The predicted molar refractivity (Wildman–Crippen MR) is 74.3 cm³/mol. The highest BCUT2D eigenvalue weighted by Crippen LogP contribution is 2.30. The van der Waals surface area contributed by atoms with E-state index in [-0.39, 0.29) is 24.9 Å². The summed E-state index contributed by atoms with van der Waals surface area (Å²) in [6, 6.07) is 9.46. The third kappa shape index (κ3) is 6.81. The van der Waals surface area contributed by atoms with Crippen molar-refractivity contribution in [3.05, 3.63) is 35.9 Å². The standard InChI is InChI=1S/C13H17F3N2OS/c14-13(15,16)20-10-12(19)18(9-7-17)8-6-11-4-2-1-3-5-11/h1-5H,6-10,17H2. The van der Waals surface area contributed by atoms with Gasteiger partial charge in [0.1, 0.15) is 0 Å². The van der Waals surface area contributed by atoms with Crippen LogP contribution in [0.2, 0.25) is 0 Å². The predicted octanol–water partition coefficient (Wildman–Crippen LogP) is 2.27. The molecule has 0 aromatic heterocycles. The van der Waals surface area contributed by atoms with Crippen molar-refractivity contribution in [2.24, 2.45) is 5.73 Å². The molecule has 0 heterocycles. The number of carbonyl (C=O) groups excluding carboxylic acids is 1. The first-order valence-electron chi connectivity index (χ1n) is 6.15. The van der Waals surface area contributed by atoms with E-state index in [1.165, 1.54) is 4.90 Å². The number of nitrogens with two attached hydrogens (primary N) is 1. The van der Waals surface area contributed by atoms with Crippen LogP contribution in [-0.4, -0.2) is 41.7 Å². The van der Waals surface area contributed by atoms with Crippen LogP contribution in [0.1, 0.15) is 5.56 Å². The second kappa shape index (κ2) is 8.16. The van der Waals surface area contributed by atoms with E-state index in [4.69, 9.17) is 5.73 Å². The van der Waals surface area contributed by atoms with Gasteiger partial charge in [-0.1, -0.05) is 30.3 Å². The lowest BCUT2D eigenvalue weighted by molar-refractivity contribution is -0.128. The molecule has 0 radical (unpaired) electrons. The highest BCUT2D eigenvalue weighted by atomic mass is 32.2. The van der Waals surface area contributed by atoms with Crippen LogP contribution in [-0.2, 0) is 11.2 Å². The molecule has 0 saturated carbocycles. The fourth-order valence-electron chi connectivity index (χ4n) is 1.66. The van der Waals surface area contributed by atoms with Gasteiger partial charge in [0.25, 0.3) is 0 Å². The van der Waals surface area contributed by atoms with Crippen LogP contribution in [0.5, 0.6) is 0 Å². The molecule has 7 heteroatoms. The summed E-state index contributed by atoms with van der Waals surface area (Å²) in [4.78, 5) is 13.1. The van der Waals surface area contributed by atoms with Gasteiger partial charge in [0.2, 0.25) is 5.91 Å². The minimum absolute atomic E-state index is 0.233. The maximum Gasteiger partial charge on any atom is 0.442 e. The fourth-order valence-corrected chi connectivity index (χ4v) is 2.13. The summed E-state index contributed by atoms with van der Waals surface area (Å²) in [6.45, 7) is 0.875. The Morgan fingerprint density at radius 3 is 2.40 bits per heavy atom. The largest absolute Gasteiger partial charge is 0.442 e. The summed E-state index contributed by atoms with van der Waals surface area (Å²) in [6.07, 6.45) is 0.600. The minimum Gasteiger partial charge on any atom is -0.340 e. The van der Waals surface area contributed by atoms with E-state index < -0.39 is 17.2 Å². The zero-order valence-electron chi connectivity index (χ0n) is 10.9. The van der Waals surface area contributed by atoms with Crippen LogP contribution in [0.15, 0.2) is 30.3 Å². The molecule has 0 fully saturated rings. The molecule has 0 aliphatic heterocycles. The Morgan fingerprint density at radius 2 is 1.85 bits per heavy atom.